The van der Waals surface area contributed by atoms with E-state index in [1.165, 1.54) is 24.2 Å². The lowest BCUT2D eigenvalue weighted by Gasteiger charge is -2.35. The van der Waals surface area contributed by atoms with E-state index in [1.807, 2.05) is 12.1 Å². The molecule has 1 aromatic carbocycles. The van der Waals surface area contributed by atoms with Gasteiger partial charge in [-0.05, 0) is 60.5 Å². The maximum Gasteiger partial charge on any atom is 0.115 e. The van der Waals surface area contributed by atoms with Gasteiger partial charge in [0.2, 0.25) is 0 Å². The second-order valence-corrected chi connectivity index (χ2v) is 10.1. The standard InChI is InChI=1S/C15H26OS/c1-13(2)17(3,4)12-6-5-7-14-8-10-15(16)11-9-14/h8-11,13,16H,5-7,12H2,1-4H3. The number of phenolic OH excluding ortho intramolecular Hbond substituents is 1. The van der Waals surface area contributed by atoms with Gasteiger partial charge in [0.15, 0.2) is 0 Å². The van der Waals surface area contributed by atoms with Gasteiger partial charge in [0.25, 0.3) is 0 Å². The van der Waals surface area contributed by atoms with Gasteiger partial charge in [-0.1, -0.05) is 26.0 Å². The van der Waals surface area contributed by atoms with E-state index in [2.05, 4.69) is 26.4 Å². The van der Waals surface area contributed by atoms with Crippen LogP contribution in [0.1, 0.15) is 32.3 Å². The maximum absolute atomic E-state index is 9.20. The lowest BCUT2D eigenvalue weighted by atomic mass is 10.1. The van der Waals surface area contributed by atoms with Crippen LogP contribution in [0.4, 0.5) is 0 Å². The molecule has 0 spiro atoms. The third-order valence-electron chi connectivity index (χ3n) is 3.60. The molecule has 0 aliphatic heterocycles. The Morgan fingerprint density at radius 2 is 1.65 bits per heavy atom. The number of hydrogen-bond donors (Lipinski definition) is 1. The fraction of sp³-hybridized carbons (Fsp3) is 0.600. The molecule has 17 heavy (non-hydrogen) atoms. The molecule has 0 radical (unpaired) electrons. The van der Waals surface area contributed by atoms with Crippen LogP contribution in [0.25, 0.3) is 0 Å². The van der Waals surface area contributed by atoms with E-state index < -0.39 is 10.0 Å². The van der Waals surface area contributed by atoms with Crippen molar-refractivity contribution in [2.45, 2.75) is 38.4 Å². The Hall–Kier alpha value is -0.630. The molecular formula is C15H26OS. The van der Waals surface area contributed by atoms with Crippen LogP contribution in [0.3, 0.4) is 0 Å². The Balaban J connectivity index is 2.27. The fourth-order valence-corrected chi connectivity index (χ4v) is 3.12. The molecule has 0 aliphatic rings. The Morgan fingerprint density at radius 3 is 2.18 bits per heavy atom. The van der Waals surface area contributed by atoms with Crippen LogP contribution in [0, 0.1) is 0 Å². The van der Waals surface area contributed by atoms with Crippen LogP contribution < -0.4 is 0 Å². The van der Waals surface area contributed by atoms with Crippen molar-refractivity contribution in [2.24, 2.45) is 0 Å². The Morgan fingerprint density at radius 1 is 1.06 bits per heavy atom. The molecule has 1 aromatic rings. The third-order valence-corrected chi connectivity index (χ3v) is 7.49. The van der Waals surface area contributed by atoms with Crippen LogP contribution in [0.15, 0.2) is 24.3 Å². The first-order valence-electron chi connectivity index (χ1n) is 6.39. The van der Waals surface area contributed by atoms with E-state index in [4.69, 9.17) is 0 Å². The summed E-state index contributed by atoms with van der Waals surface area (Å²) in [6.45, 7) is 4.69. The van der Waals surface area contributed by atoms with Crippen molar-refractivity contribution in [2.75, 3.05) is 18.3 Å². The lowest BCUT2D eigenvalue weighted by Crippen LogP contribution is -2.12. The molecular weight excluding hydrogens is 228 g/mol. The van der Waals surface area contributed by atoms with E-state index in [9.17, 15) is 5.11 Å². The molecule has 0 saturated carbocycles. The van der Waals surface area contributed by atoms with Gasteiger partial charge in [0, 0.05) is 0 Å². The minimum Gasteiger partial charge on any atom is -0.508 e. The molecule has 1 rings (SSSR count). The normalized spacial score (nSPS) is 13.0. The van der Waals surface area contributed by atoms with E-state index >= 15 is 0 Å². The summed E-state index contributed by atoms with van der Waals surface area (Å²) in [6.07, 6.45) is 8.60. The summed E-state index contributed by atoms with van der Waals surface area (Å²) >= 11 is 0. The van der Waals surface area contributed by atoms with Crippen LogP contribution in [-0.4, -0.2) is 28.6 Å². The highest BCUT2D eigenvalue weighted by molar-refractivity contribution is 8.33. The highest BCUT2D eigenvalue weighted by Gasteiger charge is 2.15. The molecule has 0 fully saturated rings. The van der Waals surface area contributed by atoms with Gasteiger partial charge < -0.3 is 5.11 Å². The summed E-state index contributed by atoms with van der Waals surface area (Å²) < 4.78 is 0. The molecule has 1 N–H and O–H groups in total. The van der Waals surface area contributed by atoms with Gasteiger partial charge in [0.1, 0.15) is 5.75 Å². The molecule has 0 atom stereocenters. The quantitative estimate of drug-likeness (QED) is 0.755. The van der Waals surface area contributed by atoms with Gasteiger partial charge >= 0.3 is 0 Å². The molecule has 98 valence electrons. The van der Waals surface area contributed by atoms with Gasteiger partial charge in [-0.3, -0.25) is 0 Å². The number of aryl methyl sites for hydroxylation is 1. The molecule has 0 amide bonds. The first kappa shape index (κ1) is 14.4. The number of phenols is 1. The van der Waals surface area contributed by atoms with Gasteiger partial charge in [0.05, 0.1) is 0 Å². The molecule has 2 heteroatoms. The summed E-state index contributed by atoms with van der Waals surface area (Å²) in [7, 11) is -0.399. The summed E-state index contributed by atoms with van der Waals surface area (Å²) in [6, 6.07) is 7.60. The van der Waals surface area contributed by atoms with Crippen molar-refractivity contribution in [3.05, 3.63) is 29.8 Å². The fourth-order valence-electron chi connectivity index (χ4n) is 1.70. The molecule has 0 saturated heterocycles. The Labute approximate surface area is 108 Å². The highest BCUT2D eigenvalue weighted by atomic mass is 32.3. The second kappa shape index (κ2) is 6.34. The average Bonchev–Trinajstić information content (AvgIpc) is 2.26. The Kier molecular flexibility index (Phi) is 5.38. The molecule has 0 bridgehead atoms. The van der Waals surface area contributed by atoms with E-state index in [-0.39, 0.29) is 0 Å². The Bertz CT molecular complexity index is 327. The van der Waals surface area contributed by atoms with Crippen molar-refractivity contribution in [1.29, 1.82) is 0 Å². The number of aromatic hydroxyl groups is 1. The second-order valence-electron chi connectivity index (χ2n) is 5.50. The van der Waals surface area contributed by atoms with Gasteiger partial charge in [-0.15, -0.1) is 0 Å². The predicted octanol–water partition coefficient (Wildman–Crippen LogP) is 4.19. The number of unbranched alkanes of at least 4 members (excludes halogenated alkanes) is 1. The van der Waals surface area contributed by atoms with Crippen LogP contribution in [0.2, 0.25) is 0 Å². The van der Waals surface area contributed by atoms with Gasteiger partial charge in [-0.25, -0.2) is 10.0 Å². The predicted molar refractivity (Wildman–Crippen MR) is 80.5 cm³/mol. The zero-order chi connectivity index (χ0) is 12.9. The van der Waals surface area contributed by atoms with Gasteiger partial charge in [-0.2, -0.15) is 0 Å². The molecule has 0 aromatic heterocycles. The maximum atomic E-state index is 9.20. The van der Waals surface area contributed by atoms with Crippen LogP contribution >= 0.6 is 10.0 Å². The first-order valence-corrected chi connectivity index (χ1v) is 9.08. The summed E-state index contributed by atoms with van der Waals surface area (Å²) in [5.41, 5.74) is 1.33. The smallest absolute Gasteiger partial charge is 0.115 e. The highest BCUT2D eigenvalue weighted by Crippen LogP contribution is 2.45. The van der Waals surface area contributed by atoms with Crippen molar-refractivity contribution >= 4 is 10.0 Å². The van der Waals surface area contributed by atoms with E-state index in [0.29, 0.717) is 5.75 Å². The molecule has 0 aliphatic carbocycles. The number of rotatable bonds is 6. The number of hydrogen-bond acceptors (Lipinski definition) is 1. The largest absolute Gasteiger partial charge is 0.508 e. The minimum atomic E-state index is -0.399. The SMILES string of the molecule is CC(C)S(C)(C)CCCCc1ccc(O)cc1. The van der Waals surface area contributed by atoms with Crippen molar-refractivity contribution in [1.82, 2.24) is 0 Å². The summed E-state index contributed by atoms with van der Waals surface area (Å²) in [4.78, 5) is 0. The summed E-state index contributed by atoms with van der Waals surface area (Å²) in [5.74, 6) is 1.74. The van der Waals surface area contributed by atoms with Crippen LogP contribution in [0.5, 0.6) is 5.75 Å². The van der Waals surface area contributed by atoms with Crippen molar-refractivity contribution < 1.29 is 5.11 Å². The van der Waals surface area contributed by atoms with Crippen molar-refractivity contribution in [3.8, 4) is 5.75 Å². The summed E-state index contributed by atoms with van der Waals surface area (Å²) in [5, 5.41) is 10.0. The zero-order valence-corrected chi connectivity index (χ0v) is 12.4. The average molecular weight is 254 g/mol. The third kappa shape index (κ3) is 5.03. The topological polar surface area (TPSA) is 20.2 Å². The monoisotopic (exact) mass is 254 g/mol. The molecule has 0 unspecified atom stereocenters. The molecule has 1 nitrogen and oxygen atoms in total. The van der Waals surface area contributed by atoms with E-state index in [1.54, 1.807) is 12.1 Å². The number of benzene rings is 1. The van der Waals surface area contributed by atoms with Crippen LogP contribution in [-0.2, 0) is 6.42 Å². The molecule has 0 heterocycles. The minimum absolute atomic E-state index is 0.360. The van der Waals surface area contributed by atoms with Crippen molar-refractivity contribution in [3.63, 3.8) is 0 Å². The lowest BCUT2D eigenvalue weighted by molar-refractivity contribution is 0.475. The van der Waals surface area contributed by atoms with E-state index in [0.717, 1.165) is 11.7 Å². The zero-order valence-electron chi connectivity index (χ0n) is 11.6. The first-order chi connectivity index (χ1) is 7.92.